The van der Waals surface area contributed by atoms with E-state index in [0.717, 1.165) is 16.3 Å². The molecule has 1 saturated carbocycles. The van der Waals surface area contributed by atoms with Crippen LogP contribution in [-0.4, -0.2) is 34.8 Å². The molecular weight excluding hydrogens is 356 g/mol. The molecule has 2 atom stereocenters. The normalized spacial score (nSPS) is 20.9. The molecule has 26 heavy (non-hydrogen) atoms. The van der Waals surface area contributed by atoms with Crippen molar-refractivity contribution < 1.29 is 24.2 Å². The monoisotopic (exact) mass is 374 g/mol. The fourth-order valence-corrected chi connectivity index (χ4v) is 4.15. The number of aliphatic carboxylic acids is 1. The van der Waals surface area contributed by atoms with E-state index < -0.39 is 5.97 Å². The number of carbonyl (C=O) groups excluding carboxylic acids is 1. The highest BCUT2D eigenvalue weighted by Gasteiger charge is 2.30. The van der Waals surface area contributed by atoms with Gasteiger partial charge in [0.15, 0.2) is 11.5 Å². The van der Waals surface area contributed by atoms with Gasteiger partial charge in [0.2, 0.25) is 12.7 Å². The van der Waals surface area contributed by atoms with Gasteiger partial charge in [0.25, 0.3) is 0 Å². The Hall–Kier alpha value is -2.61. The molecule has 1 amide bonds. The third kappa shape index (κ3) is 3.50. The summed E-state index contributed by atoms with van der Waals surface area (Å²) in [5.74, 6) is 0.169. The minimum absolute atomic E-state index is 0.0597. The fourth-order valence-electron chi connectivity index (χ4n) is 3.33. The Labute approximate surface area is 154 Å². The number of carboxylic acid groups (broad SMARTS) is 1. The first kappa shape index (κ1) is 16.8. The van der Waals surface area contributed by atoms with Gasteiger partial charge in [0.1, 0.15) is 5.01 Å². The van der Waals surface area contributed by atoms with Crippen molar-refractivity contribution >= 4 is 23.2 Å². The minimum atomic E-state index is -0.783. The number of thiazole rings is 1. The zero-order valence-electron chi connectivity index (χ0n) is 13.9. The summed E-state index contributed by atoms with van der Waals surface area (Å²) in [4.78, 5) is 27.7. The Balaban J connectivity index is 1.36. The SMILES string of the molecule is O=C(Cc1csc(-c2ccc3c(c2)OCO3)n1)N[C@H]1CC[C@@H](C(=O)O)C1. The predicted molar refractivity (Wildman–Crippen MR) is 94.3 cm³/mol. The van der Waals surface area contributed by atoms with E-state index in [9.17, 15) is 9.59 Å². The Morgan fingerprint density at radius 2 is 2.12 bits per heavy atom. The van der Waals surface area contributed by atoms with Crippen LogP contribution in [0.5, 0.6) is 11.5 Å². The van der Waals surface area contributed by atoms with E-state index in [4.69, 9.17) is 14.6 Å². The van der Waals surface area contributed by atoms with Gasteiger partial charge in [-0.25, -0.2) is 4.98 Å². The fraction of sp³-hybridized carbons (Fsp3) is 0.389. The molecule has 4 rings (SSSR count). The molecule has 2 heterocycles. The molecule has 8 heteroatoms. The van der Waals surface area contributed by atoms with Crippen molar-refractivity contribution in [2.75, 3.05) is 6.79 Å². The highest BCUT2D eigenvalue weighted by molar-refractivity contribution is 7.13. The van der Waals surface area contributed by atoms with E-state index in [0.29, 0.717) is 30.7 Å². The van der Waals surface area contributed by atoms with Crippen LogP contribution in [0.15, 0.2) is 23.6 Å². The molecule has 7 nitrogen and oxygen atoms in total. The summed E-state index contributed by atoms with van der Waals surface area (Å²) in [6, 6.07) is 5.59. The number of aromatic nitrogens is 1. The van der Waals surface area contributed by atoms with Crippen molar-refractivity contribution in [3.05, 3.63) is 29.3 Å². The van der Waals surface area contributed by atoms with Gasteiger partial charge in [-0.1, -0.05) is 0 Å². The number of carbonyl (C=O) groups is 2. The molecule has 1 aliphatic heterocycles. The van der Waals surface area contributed by atoms with Gasteiger partial charge in [0, 0.05) is 17.0 Å². The summed E-state index contributed by atoms with van der Waals surface area (Å²) in [6.07, 6.45) is 2.02. The van der Waals surface area contributed by atoms with Crippen LogP contribution < -0.4 is 14.8 Å². The minimum Gasteiger partial charge on any atom is -0.481 e. The summed E-state index contributed by atoms with van der Waals surface area (Å²) >= 11 is 1.47. The average Bonchev–Trinajstić information content (AvgIpc) is 3.34. The summed E-state index contributed by atoms with van der Waals surface area (Å²) in [5.41, 5.74) is 1.62. The number of amides is 1. The number of fused-ring (bicyclic) bond motifs is 1. The molecule has 0 saturated heterocycles. The quantitative estimate of drug-likeness (QED) is 0.834. The number of ether oxygens (including phenoxy) is 2. The highest BCUT2D eigenvalue weighted by atomic mass is 32.1. The molecule has 0 radical (unpaired) electrons. The Bertz CT molecular complexity index is 850. The first-order chi connectivity index (χ1) is 12.6. The van der Waals surface area contributed by atoms with Gasteiger partial charge in [0.05, 0.1) is 18.0 Å². The second-order valence-corrected chi connectivity index (χ2v) is 7.36. The van der Waals surface area contributed by atoms with Crippen molar-refractivity contribution in [3.63, 3.8) is 0 Å². The zero-order valence-corrected chi connectivity index (χ0v) is 14.8. The lowest BCUT2D eigenvalue weighted by atomic mass is 10.1. The van der Waals surface area contributed by atoms with E-state index in [-0.39, 0.29) is 31.1 Å². The first-order valence-electron chi connectivity index (χ1n) is 8.45. The Kier molecular flexibility index (Phi) is 4.50. The second-order valence-electron chi connectivity index (χ2n) is 6.50. The topological polar surface area (TPSA) is 97.8 Å². The second kappa shape index (κ2) is 6.95. The smallest absolute Gasteiger partial charge is 0.306 e. The number of hydrogen-bond acceptors (Lipinski definition) is 6. The van der Waals surface area contributed by atoms with Crippen LogP contribution in [0.3, 0.4) is 0 Å². The molecule has 1 aromatic carbocycles. The maximum Gasteiger partial charge on any atom is 0.306 e. The standard InChI is InChI=1S/C18H18N2O5S/c21-16(19-12-3-1-11(5-12)18(22)23)7-13-8-26-17(20-13)10-2-4-14-15(6-10)25-9-24-14/h2,4,6,8,11-12H,1,3,5,7,9H2,(H,19,21)(H,22,23)/t11-,12+/m1/s1. The molecule has 2 N–H and O–H groups in total. The van der Waals surface area contributed by atoms with Crippen LogP contribution >= 0.6 is 11.3 Å². The number of benzene rings is 1. The van der Waals surface area contributed by atoms with Gasteiger partial charge in [-0.3, -0.25) is 9.59 Å². The van der Waals surface area contributed by atoms with E-state index in [1.807, 2.05) is 23.6 Å². The molecule has 0 spiro atoms. The maximum absolute atomic E-state index is 12.2. The third-order valence-electron chi connectivity index (χ3n) is 4.66. The number of hydrogen-bond donors (Lipinski definition) is 2. The third-order valence-corrected chi connectivity index (χ3v) is 5.60. The molecule has 1 fully saturated rings. The molecule has 136 valence electrons. The molecule has 2 aromatic rings. The van der Waals surface area contributed by atoms with Crippen LogP contribution in [0.25, 0.3) is 10.6 Å². The molecule has 1 aromatic heterocycles. The molecule has 0 bridgehead atoms. The van der Waals surface area contributed by atoms with Crippen LogP contribution in [0, 0.1) is 5.92 Å². The highest BCUT2D eigenvalue weighted by Crippen LogP contribution is 2.36. The molecule has 2 aliphatic rings. The lowest BCUT2D eigenvalue weighted by Crippen LogP contribution is -2.34. The van der Waals surface area contributed by atoms with Gasteiger partial charge >= 0.3 is 5.97 Å². The Morgan fingerprint density at radius 3 is 2.92 bits per heavy atom. The molecule has 1 aliphatic carbocycles. The lowest BCUT2D eigenvalue weighted by molar-refractivity contribution is -0.141. The van der Waals surface area contributed by atoms with Gasteiger partial charge in [-0.05, 0) is 37.5 Å². The largest absolute Gasteiger partial charge is 0.481 e. The first-order valence-corrected chi connectivity index (χ1v) is 9.33. The molecule has 0 unspecified atom stereocenters. The average molecular weight is 374 g/mol. The van der Waals surface area contributed by atoms with E-state index in [1.54, 1.807) is 0 Å². The van der Waals surface area contributed by atoms with Crippen molar-refractivity contribution in [1.29, 1.82) is 0 Å². The summed E-state index contributed by atoms with van der Waals surface area (Å²) in [7, 11) is 0. The van der Waals surface area contributed by atoms with Crippen molar-refractivity contribution in [3.8, 4) is 22.1 Å². The van der Waals surface area contributed by atoms with E-state index in [2.05, 4.69) is 10.3 Å². The van der Waals surface area contributed by atoms with E-state index in [1.165, 1.54) is 11.3 Å². The number of carboxylic acids is 1. The van der Waals surface area contributed by atoms with Gasteiger partial charge in [-0.15, -0.1) is 11.3 Å². The summed E-state index contributed by atoms with van der Waals surface area (Å²) in [5, 5.41) is 14.6. The van der Waals surface area contributed by atoms with Crippen molar-refractivity contribution in [1.82, 2.24) is 10.3 Å². The number of rotatable bonds is 5. The predicted octanol–water partition coefficient (Wildman–Crippen LogP) is 2.45. The number of nitrogens with zero attached hydrogens (tertiary/aromatic N) is 1. The van der Waals surface area contributed by atoms with Crippen LogP contribution in [0.4, 0.5) is 0 Å². The Morgan fingerprint density at radius 1 is 1.27 bits per heavy atom. The lowest BCUT2D eigenvalue weighted by Gasteiger charge is -2.11. The van der Waals surface area contributed by atoms with Crippen LogP contribution in [0.1, 0.15) is 25.0 Å². The van der Waals surface area contributed by atoms with Crippen LogP contribution in [-0.2, 0) is 16.0 Å². The zero-order chi connectivity index (χ0) is 18.1. The van der Waals surface area contributed by atoms with E-state index >= 15 is 0 Å². The van der Waals surface area contributed by atoms with Crippen LogP contribution in [0.2, 0.25) is 0 Å². The summed E-state index contributed by atoms with van der Waals surface area (Å²) < 4.78 is 10.7. The van der Waals surface area contributed by atoms with Gasteiger partial charge in [-0.2, -0.15) is 0 Å². The van der Waals surface area contributed by atoms with Gasteiger partial charge < -0.3 is 19.9 Å². The van der Waals surface area contributed by atoms with Crippen molar-refractivity contribution in [2.24, 2.45) is 5.92 Å². The number of nitrogens with one attached hydrogen (secondary N) is 1. The maximum atomic E-state index is 12.2. The molecular formula is C18H18N2O5S. The summed E-state index contributed by atoms with van der Waals surface area (Å²) in [6.45, 7) is 0.228. The van der Waals surface area contributed by atoms with Crippen molar-refractivity contribution in [2.45, 2.75) is 31.7 Å².